The van der Waals surface area contributed by atoms with Crippen LogP contribution < -0.4 is 10.5 Å². The topological polar surface area (TPSA) is 114 Å². The van der Waals surface area contributed by atoms with Gasteiger partial charge in [0.05, 0.1) is 11.0 Å². The molecule has 0 radical (unpaired) electrons. The van der Waals surface area contributed by atoms with Crippen molar-refractivity contribution in [3.63, 3.8) is 0 Å². The molecule has 0 unspecified atom stereocenters. The molecule has 0 aliphatic carbocycles. The third kappa shape index (κ3) is 4.57. The van der Waals surface area contributed by atoms with Crippen molar-refractivity contribution in [2.24, 2.45) is 5.73 Å². The molecule has 0 saturated carbocycles. The van der Waals surface area contributed by atoms with Gasteiger partial charge in [0, 0.05) is 24.1 Å². The fourth-order valence-electron chi connectivity index (χ4n) is 4.05. The highest BCUT2D eigenvalue weighted by atomic mass is 16.7. The summed E-state index contributed by atoms with van der Waals surface area (Å²) in [4.78, 5) is 15.9. The van der Waals surface area contributed by atoms with E-state index in [2.05, 4.69) is 11.5 Å². The smallest absolute Gasteiger partial charge is 0.449 e. The van der Waals surface area contributed by atoms with Crippen LogP contribution in [-0.4, -0.2) is 26.6 Å². The van der Waals surface area contributed by atoms with Crippen LogP contribution >= 0.6 is 0 Å². The number of hydrogen-bond acceptors (Lipinski definition) is 4. The van der Waals surface area contributed by atoms with Crippen LogP contribution in [-0.2, 0) is 13.0 Å². The van der Waals surface area contributed by atoms with Gasteiger partial charge in [-0.1, -0.05) is 49.4 Å². The Morgan fingerprint density at radius 3 is 2.55 bits per heavy atom. The summed E-state index contributed by atoms with van der Waals surface area (Å²) >= 11 is 0. The van der Waals surface area contributed by atoms with Gasteiger partial charge in [-0.25, -0.2) is 9.78 Å². The molecule has 0 saturated heterocycles. The van der Waals surface area contributed by atoms with Crippen LogP contribution in [0.15, 0.2) is 60.7 Å². The Labute approximate surface area is 192 Å². The fraction of sp³-hybridized carbons (Fsp3) is 0.192. The van der Waals surface area contributed by atoms with Crippen LogP contribution in [0.1, 0.15) is 35.9 Å². The van der Waals surface area contributed by atoms with Gasteiger partial charge in [0.15, 0.2) is 0 Å². The van der Waals surface area contributed by atoms with Gasteiger partial charge in [-0.15, -0.1) is 0 Å². The molecule has 4 N–H and O–H groups in total. The van der Waals surface area contributed by atoms with Crippen LogP contribution in [0.3, 0.4) is 0 Å². The van der Waals surface area contributed by atoms with Crippen LogP contribution in [0.2, 0.25) is 0 Å². The third-order valence-electron chi connectivity index (χ3n) is 5.60. The molecule has 7 nitrogen and oxygen atoms in total. The molecule has 0 fully saturated rings. The summed E-state index contributed by atoms with van der Waals surface area (Å²) in [7, 11) is 0. The van der Waals surface area contributed by atoms with Gasteiger partial charge in [0.2, 0.25) is 0 Å². The van der Waals surface area contributed by atoms with Crippen molar-refractivity contribution in [2.75, 3.05) is 0 Å². The first-order valence-corrected chi connectivity index (χ1v) is 10.8. The van der Waals surface area contributed by atoms with E-state index in [0.717, 1.165) is 46.4 Å². The lowest BCUT2D eigenvalue weighted by Crippen LogP contribution is -2.12. The summed E-state index contributed by atoms with van der Waals surface area (Å²) in [5, 5.41) is 16.9. The van der Waals surface area contributed by atoms with E-state index in [9.17, 15) is 4.79 Å². The number of imidazole rings is 1. The number of para-hydroxylation sites is 1. The SMILES string of the molecule is CCCc1nc2c(C)cc(C(=N)N)cc2n1Cc1ccc(-c2ccccc2OC(=O)O)cc1. The lowest BCUT2D eigenvalue weighted by Gasteiger charge is -2.12. The maximum atomic E-state index is 11.0. The zero-order chi connectivity index (χ0) is 23.5. The zero-order valence-electron chi connectivity index (χ0n) is 18.6. The van der Waals surface area contributed by atoms with Gasteiger partial charge in [0.25, 0.3) is 0 Å². The first-order chi connectivity index (χ1) is 15.9. The molecular formula is C26H26N4O3. The van der Waals surface area contributed by atoms with E-state index in [1.807, 2.05) is 55.5 Å². The molecule has 4 rings (SSSR count). The second-order valence-electron chi connectivity index (χ2n) is 8.00. The van der Waals surface area contributed by atoms with E-state index in [0.29, 0.717) is 23.4 Å². The van der Waals surface area contributed by atoms with Crippen LogP contribution in [0.5, 0.6) is 5.75 Å². The summed E-state index contributed by atoms with van der Waals surface area (Å²) in [6, 6.07) is 18.9. The number of benzene rings is 3. The number of nitrogens with two attached hydrogens (primary N) is 1. The van der Waals surface area contributed by atoms with Gasteiger partial charge >= 0.3 is 6.16 Å². The van der Waals surface area contributed by atoms with E-state index in [-0.39, 0.29) is 5.84 Å². The predicted molar refractivity (Wildman–Crippen MR) is 129 cm³/mol. The Balaban J connectivity index is 1.71. The van der Waals surface area contributed by atoms with Crippen molar-refractivity contribution in [1.29, 1.82) is 5.41 Å². The van der Waals surface area contributed by atoms with Crippen molar-refractivity contribution < 1.29 is 14.6 Å². The maximum absolute atomic E-state index is 11.0. The zero-order valence-corrected chi connectivity index (χ0v) is 18.6. The quantitative estimate of drug-likeness (QED) is 0.154. The number of carboxylic acid groups (broad SMARTS) is 1. The minimum Gasteiger partial charge on any atom is -0.449 e. The number of aryl methyl sites for hydroxylation is 2. The Bertz CT molecular complexity index is 1340. The molecule has 3 aromatic carbocycles. The first kappa shape index (κ1) is 22.1. The Kier molecular flexibility index (Phi) is 6.13. The number of nitrogens with zero attached hydrogens (tertiary/aromatic N) is 2. The molecule has 1 heterocycles. The maximum Gasteiger partial charge on any atom is 0.511 e. The number of rotatable bonds is 7. The third-order valence-corrected chi connectivity index (χ3v) is 5.60. The van der Waals surface area contributed by atoms with Crippen molar-refractivity contribution in [1.82, 2.24) is 9.55 Å². The lowest BCUT2D eigenvalue weighted by atomic mass is 10.0. The average Bonchev–Trinajstić information content (AvgIpc) is 3.12. The van der Waals surface area contributed by atoms with Gasteiger partial charge in [-0.2, -0.15) is 0 Å². The van der Waals surface area contributed by atoms with Gasteiger partial charge in [-0.3, -0.25) is 5.41 Å². The van der Waals surface area contributed by atoms with Gasteiger partial charge in [-0.05, 0) is 48.2 Å². The normalized spacial score (nSPS) is 11.0. The fourth-order valence-corrected chi connectivity index (χ4v) is 4.05. The average molecular weight is 443 g/mol. The molecule has 0 aliphatic rings. The molecule has 4 aromatic rings. The van der Waals surface area contributed by atoms with E-state index in [4.69, 9.17) is 26.0 Å². The summed E-state index contributed by atoms with van der Waals surface area (Å²) in [6.45, 7) is 4.75. The standard InChI is InChI=1S/C26H26N4O3/c1-3-6-23-29-24-16(2)13-19(25(27)28)14-21(24)30(23)15-17-9-11-18(12-10-17)20-7-4-5-8-22(20)33-26(31)32/h4-5,7-14H,3,6,15H2,1-2H3,(H3,27,28)(H,31,32). The molecule has 0 atom stereocenters. The van der Waals surface area contributed by atoms with Crippen LogP contribution in [0.4, 0.5) is 4.79 Å². The van der Waals surface area contributed by atoms with Crippen molar-refractivity contribution in [3.05, 3.63) is 83.2 Å². The summed E-state index contributed by atoms with van der Waals surface area (Å²) in [5.41, 5.74) is 12.0. The highest BCUT2D eigenvalue weighted by molar-refractivity contribution is 5.99. The number of amidine groups is 1. The molecule has 33 heavy (non-hydrogen) atoms. The minimum atomic E-state index is -1.34. The van der Waals surface area contributed by atoms with Gasteiger partial charge in [0.1, 0.15) is 17.4 Å². The largest absolute Gasteiger partial charge is 0.511 e. The van der Waals surface area contributed by atoms with Crippen molar-refractivity contribution in [2.45, 2.75) is 33.2 Å². The predicted octanol–water partition coefficient (Wildman–Crippen LogP) is 5.35. The molecule has 0 bridgehead atoms. The monoisotopic (exact) mass is 442 g/mol. The number of hydrogen-bond donors (Lipinski definition) is 3. The van der Waals surface area contributed by atoms with Crippen molar-refractivity contribution in [3.8, 4) is 16.9 Å². The van der Waals surface area contributed by atoms with E-state index in [1.54, 1.807) is 12.1 Å². The molecule has 0 spiro atoms. The van der Waals surface area contributed by atoms with E-state index < -0.39 is 6.16 Å². The number of nitrogens with one attached hydrogen (secondary N) is 1. The molecule has 7 heteroatoms. The number of carbonyl (C=O) groups is 1. The minimum absolute atomic E-state index is 0.0383. The Morgan fingerprint density at radius 1 is 1.15 bits per heavy atom. The molecular weight excluding hydrogens is 416 g/mol. The Morgan fingerprint density at radius 2 is 1.88 bits per heavy atom. The summed E-state index contributed by atoms with van der Waals surface area (Å²) in [6.07, 6.45) is 0.484. The number of ether oxygens (including phenoxy) is 1. The molecule has 0 amide bonds. The molecule has 168 valence electrons. The highest BCUT2D eigenvalue weighted by Gasteiger charge is 2.15. The number of aromatic nitrogens is 2. The highest BCUT2D eigenvalue weighted by Crippen LogP contribution is 2.31. The van der Waals surface area contributed by atoms with Crippen molar-refractivity contribution >= 4 is 23.0 Å². The second-order valence-corrected chi connectivity index (χ2v) is 8.00. The molecule has 0 aliphatic heterocycles. The molecule has 1 aromatic heterocycles. The first-order valence-electron chi connectivity index (χ1n) is 10.8. The van der Waals surface area contributed by atoms with Crippen LogP contribution in [0, 0.1) is 12.3 Å². The van der Waals surface area contributed by atoms with Crippen LogP contribution in [0.25, 0.3) is 22.2 Å². The van der Waals surface area contributed by atoms with E-state index in [1.165, 1.54) is 0 Å². The van der Waals surface area contributed by atoms with E-state index >= 15 is 0 Å². The van der Waals surface area contributed by atoms with Gasteiger partial charge < -0.3 is 20.1 Å². The lowest BCUT2D eigenvalue weighted by molar-refractivity contribution is 0.144. The Hall–Kier alpha value is -4.13. The second kappa shape index (κ2) is 9.16. The number of fused-ring (bicyclic) bond motifs is 1. The summed E-state index contributed by atoms with van der Waals surface area (Å²) < 4.78 is 7.11. The summed E-state index contributed by atoms with van der Waals surface area (Å²) in [5.74, 6) is 1.34. The number of nitrogen functional groups attached to an aromatic ring is 1.